The maximum absolute atomic E-state index is 12.1. The van der Waals surface area contributed by atoms with Crippen LogP contribution in [0.25, 0.3) is 0 Å². The predicted octanol–water partition coefficient (Wildman–Crippen LogP) is 3.34. The molecular formula is C20H29F3IN3O3. The summed E-state index contributed by atoms with van der Waals surface area (Å²) >= 11 is 0. The number of rotatable bonds is 6. The highest BCUT2D eigenvalue weighted by molar-refractivity contribution is 14.0. The Morgan fingerprint density at radius 1 is 1.17 bits per heavy atom. The van der Waals surface area contributed by atoms with E-state index in [1.54, 1.807) is 19.2 Å². The molecule has 0 radical (unpaired) electrons. The first-order valence-electron chi connectivity index (χ1n) is 9.86. The van der Waals surface area contributed by atoms with Gasteiger partial charge in [-0.2, -0.15) is 13.2 Å². The minimum absolute atomic E-state index is 0. The van der Waals surface area contributed by atoms with Crippen LogP contribution in [-0.2, 0) is 27.4 Å². The standard InChI is InChI=1S/C20H28F3N3O3.HI/c1-24-19(26-8-10-29-18(12-26)17-3-2-9-28-17)25-11-15-4-6-16(7-5-15)13-27-14-20(21,22)23;/h4-7,17-18H,2-3,8-14H2,1H3,(H,24,25);1H. The normalized spacial score (nSPS) is 22.7. The number of aliphatic imine (C=N–C) groups is 1. The van der Waals surface area contributed by atoms with Gasteiger partial charge < -0.3 is 24.4 Å². The zero-order valence-corrected chi connectivity index (χ0v) is 19.3. The van der Waals surface area contributed by atoms with E-state index >= 15 is 0 Å². The molecule has 2 aliphatic heterocycles. The molecule has 0 spiro atoms. The third kappa shape index (κ3) is 7.86. The van der Waals surface area contributed by atoms with Crippen LogP contribution in [0, 0.1) is 0 Å². The molecule has 3 rings (SSSR count). The van der Waals surface area contributed by atoms with Gasteiger partial charge in [0.2, 0.25) is 0 Å². The van der Waals surface area contributed by atoms with Gasteiger partial charge in [-0.05, 0) is 24.0 Å². The molecule has 1 aromatic rings. The van der Waals surface area contributed by atoms with E-state index in [1.165, 1.54) is 0 Å². The largest absolute Gasteiger partial charge is 0.411 e. The molecule has 2 atom stereocenters. The van der Waals surface area contributed by atoms with Crippen molar-refractivity contribution in [2.45, 2.75) is 44.4 Å². The number of benzene rings is 1. The molecule has 30 heavy (non-hydrogen) atoms. The second-order valence-electron chi connectivity index (χ2n) is 7.23. The Hall–Kier alpha value is -1.11. The SMILES string of the molecule is CN=C(NCc1ccc(COCC(F)(F)F)cc1)N1CCOC(C2CCCO2)C1.I. The van der Waals surface area contributed by atoms with Gasteiger partial charge in [-0.15, -0.1) is 24.0 Å². The molecule has 10 heteroatoms. The summed E-state index contributed by atoms with van der Waals surface area (Å²) in [5.74, 6) is 0.800. The fourth-order valence-corrected chi connectivity index (χ4v) is 3.54. The Balaban J connectivity index is 0.00000320. The smallest absolute Gasteiger partial charge is 0.375 e. The van der Waals surface area contributed by atoms with Crippen LogP contribution in [0.4, 0.5) is 13.2 Å². The number of morpholine rings is 1. The van der Waals surface area contributed by atoms with E-state index in [-0.39, 0.29) is 42.8 Å². The van der Waals surface area contributed by atoms with Crippen LogP contribution < -0.4 is 5.32 Å². The lowest BCUT2D eigenvalue weighted by molar-refractivity contribution is -0.176. The van der Waals surface area contributed by atoms with E-state index < -0.39 is 12.8 Å². The fourth-order valence-electron chi connectivity index (χ4n) is 3.54. The number of hydrogen-bond donors (Lipinski definition) is 1. The molecule has 0 amide bonds. The van der Waals surface area contributed by atoms with Gasteiger partial charge in [0.15, 0.2) is 5.96 Å². The molecule has 6 nitrogen and oxygen atoms in total. The maximum atomic E-state index is 12.1. The highest BCUT2D eigenvalue weighted by atomic mass is 127. The molecule has 0 aromatic heterocycles. The van der Waals surface area contributed by atoms with Crippen LogP contribution in [-0.4, -0.2) is 69.2 Å². The van der Waals surface area contributed by atoms with Gasteiger partial charge in [0.1, 0.15) is 12.7 Å². The molecule has 1 aromatic carbocycles. The second kappa shape index (κ2) is 12.1. The zero-order valence-electron chi connectivity index (χ0n) is 17.0. The van der Waals surface area contributed by atoms with Crippen LogP contribution in [0.2, 0.25) is 0 Å². The van der Waals surface area contributed by atoms with Gasteiger partial charge in [0.25, 0.3) is 0 Å². The molecule has 0 aliphatic carbocycles. The number of hydrogen-bond acceptors (Lipinski definition) is 4. The second-order valence-corrected chi connectivity index (χ2v) is 7.23. The molecule has 2 aliphatic rings. The molecule has 2 fully saturated rings. The molecule has 1 N–H and O–H groups in total. The lowest BCUT2D eigenvalue weighted by Gasteiger charge is -2.37. The van der Waals surface area contributed by atoms with Crippen LogP contribution in [0.3, 0.4) is 0 Å². The third-order valence-corrected chi connectivity index (χ3v) is 4.99. The lowest BCUT2D eigenvalue weighted by Crippen LogP contribution is -2.53. The van der Waals surface area contributed by atoms with Gasteiger partial charge >= 0.3 is 6.18 Å². The topological polar surface area (TPSA) is 55.3 Å². The van der Waals surface area contributed by atoms with Crippen molar-refractivity contribution in [2.75, 3.05) is 40.0 Å². The number of alkyl halides is 3. The predicted molar refractivity (Wildman–Crippen MR) is 118 cm³/mol. The highest BCUT2D eigenvalue weighted by Gasteiger charge is 2.32. The Bertz CT molecular complexity index is 668. The van der Waals surface area contributed by atoms with E-state index in [9.17, 15) is 13.2 Å². The van der Waals surface area contributed by atoms with E-state index in [0.29, 0.717) is 18.7 Å². The average Bonchev–Trinajstić information content (AvgIpc) is 3.24. The molecule has 2 saturated heterocycles. The first kappa shape index (κ1) is 25.2. The molecule has 0 bridgehead atoms. The Morgan fingerprint density at radius 2 is 1.87 bits per heavy atom. The minimum Gasteiger partial charge on any atom is -0.375 e. The van der Waals surface area contributed by atoms with Crippen molar-refractivity contribution in [3.05, 3.63) is 35.4 Å². The zero-order chi connectivity index (χ0) is 20.7. The summed E-state index contributed by atoms with van der Waals surface area (Å²) in [6, 6.07) is 7.30. The monoisotopic (exact) mass is 543 g/mol. The van der Waals surface area contributed by atoms with Crippen LogP contribution in [0.1, 0.15) is 24.0 Å². The van der Waals surface area contributed by atoms with E-state index in [1.807, 2.05) is 12.1 Å². The summed E-state index contributed by atoms with van der Waals surface area (Å²) in [6.45, 7) is 2.20. The molecule has 2 unspecified atom stereocenters. The summed E-state index contributed by atoms with van der Waals surface area (Å²) in [7, 11) is 1.75. The summed E-state index contributed by atoms with van der Waals surface area (Å²) in [5.41, 5.74) is 1.71. The molecule has 170 valence electrons. The van der Waals surface area contributed by atoms with E-state index in [0.717, 1.165) is 44.1 Å². The van der Waals surface area contributed by atoms with Crippen LogP contribution in [0.15, 0.2) is 29.3 Å². The Morgan fingerprint density at radius 3 is 2.50 bits per heavy atom. The Kier molecular flexibility index (Phi) is 10.1. The molecular weight excluding hydrogens is 514 g/mol. The van der Waals surface area contributed by atoms with Crippen molar-refractivity contribution < 1.29 is 27.4 Å². The van der Waals surface area contributed by atoms with Crippen molar-refractivity contribution in [3.63, 3.8) is 0 Å². The number of halogens is 4. The summed E-state index contributed by atoms with van der Waals surface area (Å²) < 4.78 is 52.7. The number of guanidine groups is 1. The Labute approximate surface area is 192 Å². The fraction of sp³-hybridized carbons (Fsp3) is 0.650. The summed E-state index contributed by atoms with van der Waals surface area (Å²) in [5, 5.41) is 3.35. The van der Waals surface area contributed by atoms with Crippen molar-refractivity contribution in [1.29, 1.82) is 0 Å². The summed E-state index contributed by atoms with van der Waals surface area (Å²) in [6.07, 6.45) is -1.98. The first-order chi connectivity index (χ1) is 13.9. The van der Waals surface area contributed by atoms with Crippen molar-refractivity contribution in [1.82, 2.24) is 10.2 Å². The van der Waals surface area contributed by atoms with Gasteiger partial charge in [-0.3, -0.25) is 4.99 Å². The number of nitrogens with zero attached hydrogens (tertiary/aromatic N) is 2. The molecule has 2 heterocycles. The first-order valence-corrected chi connectivity index (χ1v) is 9.86. The van der Waals surface area contributed by atoms with Crippen molar-refractivity contribution in [2.24, 2.45) is 4.99 Å². The van der Waals surface area contributed by atoms with Crippen molar-refractivity contribution >= 4 is 29.9 Å². The number of nitrogens with one attached hydrogen (secondary N) is 1. The highest BCUT2D eigenvalue weighted by Crippen LogP contribution is 2.21. The van der Waals surface area contributed by atoms with Gasteiger partial charge in [0.05, 0.1) is 19.3 Å². The third-order valence-electron chi connectivity index (χ3n) is 4.99. The van der Waals surface area contributed by atoms with Gasteiger partial charge in [-0.1, -0.05) is 24.3 Å². The van der Waals surface area contributed by atoms with E-state index in [4.69, 9.17) is 9.47 Å². The quantitative estimate of drug-likeness (QED) is 0.339. The van der Waals surface area contributed by atoms with Gasteiger partial charge in [-0.25, -0.2) is 0 Å². The van der Waals surface area contributed by atoms with Crippen LogP contribution >= 0.6 is 24.0 Å². The average molecular weight is 543 g/mol. The van der Waals surface area contributed by atoms with Crippen molar-refractivity contribution in [3.8, 4) is 0 Å². The lowest BCUT2D eigenvalue weighted by atomic mass is 10.1. The van der Waals surface area contributed by atoms with Gasteiger partial charge in [0, 0.05) is 33.3 Å². The minimum atomic E-state index is -4.30. The molecule has 0 saturated carbocycles. The maximum Gasteiger partial charge on any atom is 0.411 e. The van der Waals surface area contributed by atoms with Crippen LogP contribution in [0.5, 0.6) is 0 Å². The number of ether oxygens (including phenoxy) is 3. The summed E-state index contributed by atoms with van der Waals surface area (Å²) in [4.78, 5) is 6.55. The van der Waals surface area contributed by atoms with E-state index in [2.05, 4.69) is 19.9 Å².